The van der Waals surface area contributed by atoms with Gasteiger partial charge in [-0.3, -0.25) is 9.59 Å². The van der Waals surface area contributed by atoms with E-state index >= 15 is 0 Å². The molecule has 53 heavy (non-hydrogen) atoms. The summed E-state index contributed by atoms with van der Waals surface area (Å²) in [6, 6.07) is 34.6. The molecule has 0 spiro atoms. The monoisotopic (exact) mass is 706 g/mol. The Balaban J connectivity index is 0.982. The summed E-state index contributed by atoms with van der Waals surface area (Å²) < 4.78 is 6.38. The molecule has 4 heterocycles. The van der Waals surface area contributed by atoms with E-state index in [9.17, 15) is 14.7 Å². The van der Waals surface area contributed by atoms with Crippen LogP contribution in [-0.4, -0.2) is 59.7 Å². The molecule has 3 aromatic heterocycles. The van der Waals surface area contributed by atoms with E-state index in [1.165, 1.54) is 0 Å². The zero-order chi connectivity index (χ0) is 36.5. The molecule has 3 N–H and O–H groups in total. The van der Waals surface area contributed by atoms with Gasteiger partial charge in [0.1, 0.15) is 23.2 Å². The summed E-state index contributed by atoms with van der Waals surface area (Å²) in [5.74, 6) is 2.42. The van der Waals surface area contributed by atoms with Crippen molar-refractivity contribution in [1.82, 2.24) is 29.7 Å². The van der Waals surface area contributed by atoms with Gasteiger partial charge in [-0.1, -0.05) is 67.6 Å². The lowest BCUT2D eigenvalue weighted by atomic mass is 9.99. The molecule has 0 aliphatic carbocycles. The number of aromatic amines is 2. The number of furan rings is 1. The SMILES string of the molecule is CCCN(Cc1nc2ccc(-c3ccc(-c4ccc5nc(C6CCCN6C(=O)C(O)c6ccccc6)[nH]c5c4)o3)cc2[nH]1)C(=O)C(C)c1ccccc1. The highest BCUT2D eigenvalue weighted by atomic mass is 16.3. The predicted molar refractivity (Wildman–Crippen MR) is 205 cm³/mol. The second-order valence-electron chi connectivity index (χ2n) is 13.8. The van der Waals surface area contributed by atoms with Gasteiger partial charge in [-0.05, 0) is 85.8 Å². The maximum Gasteiger partial charge on any atom is 0.256 e. The highest BCUT2D eigenvalue weighted by Gasteiger charge is 2.35. The van der Waals surface area contributed by atoms with E-state index in [0.717, 1.165) is 69.6 Å². The van der Waals surface area contributed by atoms with Crippen LogP contribution >= 0.6 is 0 Å². The number of aliphatic hydroxyl groups is 1. The molecular weight excluding hydrogens is 665 g/mol. The molecule has 1 aliphatic rings. The molecule has 3 atom stereocenters. The average Bonchev–Trinajstić information content (AvgIpc) is 4.02. The molecule has 0 radical (unpaired) electrons. The number of imidazole rings is 2. The van der Waals surface area contributed by atoms with Gasteiger partial charge in [0.25, 0.3) is 5.91 Å². The van der Waals surface area contributed by atoms with E-state index in [0.29, 0.717) is 36.8 Å². The number of amides is 2. The lowest BCUT2D eigenvalue weighted by Crippen LogP contribution is -2.35. The molecule has 10 nitrogen and oxygen atoms in total. The van der Waals surface area contributed by atoms with Crippen molar-refractivity contribution in [2.24, 2.45) is 0 Å². The summed E-state index contributed by atoms with van der Waals surface area (Å²) in [6.07, 6.45) is 1.25. The molecule has 268 valence electrons. The van der Waals surface area contributed by atoms with Crippen LogP contribution in [0.2, 0.25) is 0 Å². The van der Waals surface area contributed by atoms with Crippen LogP contribution in [0.15, 0.2) is 114 Å². The lowest BCUT2D eigenvalue weighted by molar-refractivity contribution is -0.141. The molecule has 8 rings (SSSR count). The Bertz CT molecular complexity index is 2380. The first-order chi connectivity index (χ1) is 25.9. The minimum atomic E-state index is -1.21. The molecule has 4 aromatic carbocycles. The molecule has 2 amide bonds. The van der Waals surface area contributed by atoms with E-state index in [-0.39, 0.29) is 23.8 Å². The van der Waals surface area contributed by atoms with E-state index in [2.05, 4.69) is 16.9 Å². The first-order valence-electron chi connectivity index (χ1n) is 18.3. The number of aromatic nitrogens is 4. The Morgan fingerprint density at radius 3 is 2.13 bits per heavy atom. The Morgan fingerprint density at radius 2 is 1.47 bits per heavy atom. The Morgan fingerprint density at radius 1 is 0.849 bits per heavy atom. The number of carbonyl (C=O) groups excluding carboxylic acids is 2. The van der Waals surface area contributed by atoms with Gasteiger partial charge in [-0.25, -0.2) is 9.97 Å². The van der Waals surface area contributed by atoms with Crippen LogP contribution in [0.25, 0.3) is 44.7 Å². The van der Waals surface area contributed by atoms with Gasteiger partial charge in [0, 0.05) is 24.2 Å². The highest BCUT2D eigenvalue weighted by molar-refractivity contribution is 5.85. The number of carbonyl (C=O) groups is 2. The van der Waals surface area contributed by atoms with Crippen LogP contribution in [0.5, 0.6) is 0 Å². The van der Waals surface area contributed by atoms with E-state index in [1.54, 1.807) is 17.0 Å². The number of hydrogen-bond acceptors (Lipinski definition) is 6. The molecule has 1 aliphatic heterocycles. The number of aliphatic hydroxyl groups excluding tert-OH is 1. The fourth-order valence-corrected chi connectivity index (χ4v) is 7.40. The maximum absolute atomic E-state index is 13.5. The number of fused-ring (bicyclic) bond motifs is 2. The van der Waals surface area contributed by atoms with Crippen molar-refractivity contribution in [2.75, 3.05) is 13.1 Å². The maximum atomic E-state index is 13.5. The molecule has 1 fully saturated rings. The molecule has 3 unspecified atom stereocenters. The fourth-order valence-electron chi connectivity index (χ4n) is 7.40. The summed E-state index contributed by atoms with van der Waals surface area (Å²) >= 11 is 0. The van der Waals surface area contributed by atoms with Crippen LogP contribution in [0.4, 0.5) is 0 Å². The number of nitrogens with one attached hydrogen (secondary N) is 2. The normalized spacial score (nSPS) is 15.6. The van der Waals surface area contributed by atoms with Crippen LogP contribution < -0.4 is 0 Å². The van der Waals surface area contributed by atoms with E-state index < -0.39 is 6.10 Å². The van der Waals surface area contributed by atoms with Gasteiger partial charge in [0.05, 0.1) is 40.6 Å². The predicted octanol–water partition coefficient (Wildman–Crippen LogP) is 8.31. The fraction of sp³-hybridized carbons (Fsp3) is 0.256. The third-order valence-electron chi connectivity index (χ3n) is 10.2. The Labute approximate surface area is 307 Å². The summed E-state index contributed by atoms with van der Waals surface area (Å²) in [7, 11) is 0. The number of nitrogens with zero attached hydrogens (tertiary/aromatic N) is 4. The minimum absolute atomic E-state index is 0.0844. The third kappa shape index (κ3) is 6.85. The summed E-state index contributed by atoms with van der Waals surface area (Å²) in [6.45, 7) is 5.66. The van der Waals surface area contributed by atoms with Crippen LogP contribution in [0, 0.1) is 0 Å². The Kier molecular flexibility index (Phi) is 9.37. The molecule has 0 saturated carbocycles. The molecular formula is C43H42N6O4. The first kappa shape index (κ1) is 34.1. The van der Waals surface area contributed by atoms with Crippen molar-refractivity contribution in [2.45, 2.75) is 57.7 Å². The van der Waals surface area contributed by atoms with E-state index in [4.69, 9.17) is 14.4 Å². The van der Waals surface area contributed by atoms with Crippen molar-refractivity contribution in [1.29, 1.82) is 0 Å². The van der Waals surface area contributed by atoms with Gasteiger partial charge in [-0.2, -0.15) is 0 Å². The smallest absolute Gasteiger partial charge is 0.256 e. The van der Waals surface area contributed by atoms with Crippen LogP contribution in [0.3, 0.4) is 0 Å². The molecule has 1 saturated heterocycles. The summed E-state index contributed by atoms with van der Waals surface area (Å²) in [4.78, 5) is 47.0. The van der Waals surface area contributed by atoms with Gasteiger partial charge in [0.15, 0.2) is 6.10 Å². The quantitative estimate of drug-likeness (QED) is 0.124. The molecule has 0 bridgehead atoms. The second kappa shape index (κ2) is 14.6. The van der Waals surface area contributed by atoms with Crippen molar-refractivity contribution in [3.8, 4) is 22.6 Å². The topological polar surface area (TPSA) is 131 Å². The molecule has 10 heteroatoms. The number of H-pyrrole nitrogens is 2. The number of likely N-dealkylation sites (tertiary alicyclic amines) is 1. The molecule has 7 aromatic rings. The zero-order valence-corrected chi connectivity index (χ0v) is 29.8. The highest BCUT2D eigenvalue weighted by Crippen LogP contribution is 2.36. The van der Waals surface area contributed by atoms with Crippen LogP contribution in [0.1, 0.15) is 73.9 Å². The zero-order valence-electron chi connectivity index (χ0n) is 29.8. The standard InChI is InChI=1S/C43H42N6O4/c1-3-22-48(42(51)27(2)28-11-6-4-7-12-28)26-39-44-32-18-16-30(24-34(32)45-39)37-20-21-38(53-37)31-17-19-33-35(25-31)47-41(46-33)36-15-10-23-49(36)43(52)40(50)29-13-8-5-9-14-29/h4-9,11-14,16-21,24-25,27,36,40,50H,3,10,15,22-23,26H2,1-2H3,(H,44,45)(H,46,47). The van der Waals surface area contributed by atoms with Crippen LogP contribution in [-0.2, 0) is 16.1 Å². The van der Waals surface area contributed by atoms with Gasteiger partial charge in [-0.15, -0.1) is 0 Å². The summed E-state index contributed by atoms with van der Waals surface area (Å²) in [5.41, 5.74) is 6.74. The van der Waals surface area contributed by atoms with Crippen molar-refractivity contribution in [3.63, 3.8) is 0 Å². The second-order valence-corrected chi connectivity index (χ2v) is 13.8. The third-order valence-corrected chi connectivity index (χ3v) is 10.2. The number of hydrogen-bond donors (Lipinski definition) is 3. The number of benzene rings is 4. The largest absolute Gasteiger partial charge is 0.456 e. The first-order valence-corrected chi connectivity index (χ1v) is 18.3. The minimum Gasteiger partial charge on any atom is -0.456 e. The average molecular weight is 707 g/mol. The van der Waals surface area contributed by atoms with Crippen molar-refractivity contribution in [3.05, 3.63) is 132 Å². The van der Waals surface area contributed by atoms with Crippen molar-refractivity contribution < 1.29 is 19.1 Å². The lowest BCUT2D eigenvalue weighted by Gasteiger charge is -2.25. The van der Waals surface area contributed by atoms with Gasteiger partial charge >= 0.3 is 0 Å². The Hall–Kier alpha value is -6.00. The summed E-state index contributed by atoms with van der Waals surface area (Å²) in [5, 5.41) is 10.8. The van der Waals surface area contributed by atoms with Crippen molar-refractivity contribution >= 4 is 33.9 Å². The van der Waals surface area contributed by atoms with E-state index in [1.807, 2.05) is 109 Å². The van der Waals surface area contributed by atoms with Gasteiger partial charge < -0.3 is 29.3 Å². The van der Waals surface area contributed by atoms with Gasteiger partial charge in [0.2, 0.25) is 5.91 Å². The number of rotatable bonds is 11.